The van der Waals surface area contributed by atoms with Crippen molar-refractivity contribution in [3.63, 3.8) is 0 Å². The van der Waals surface area contributed by atoms with Crippen LogP contribution in [0.2, 0.25) is 0 Å². The molecule has 2 aromatic rings. The second-order valence-corrected chi connectivity index (χ2v) is 8.57. The third-order valence-electron chi connectivity index (χ3n) is 6.22. The molecule has 2 aliphatic heterocycles. The summed E-state index contributed by atoms with van der Waals surface area (Å²) in [7, 11) is 0. The number of nitrogen functional groups attached to an aromatic ring is 1. The minimum Gasteiger partial charge on any atom is -0.433 e. The van der Waals surface area contributed by atoms with E-state index in [1.165, 1.54) is 47.4 Å². The molecule has 1 aliphatic carbocycles. The maximum absolute atomic E-state index is 6.07. The van der Waals surface area contributed by atoms with E-state index < -0.39 is 0 Å². The van der Waals surface area contributed by atoms with Crippen molar-refractivity contribution < 1.29 is 4.74 Å². The van der Waals surface area contributed by atoms with Gasteiger partial charge in [0.1, 0.15) is 0 Å². The summed E-state index contributed by atoms with van der Waals surface area (Å²) in [5.74, 6) is 1.21. The number of fused-ring (bicyclic) bond motifs is 2. The van der Waals surface area contributed by atoms with Gasteiger partial charge in [-0.2, -0.15) is 5.10 Å². The Labute approximate surface area is 177 Å². The molecular formula is C23H28N6O. The number of allylic oxidation sites excluding steroid dienone is 5. The first-order chi connectivity index (χ1) is 14.5. The summed E-state index contributed by atoms with van der Waals surface area (Å²) in [6.07, 6.45) is 12.0. The average molecular weight is 405 g/mol. The number of nitrogens with zero attached hydrogens (tertiary/aromatic N) is 5. The summed E-state index contributed by atoms with van der Waals surface area (Å²) >= 11 is 0. The van der Waals surface area contributed by atoms with Crippen molar-refractivity contribution in [1.29, 1.82) is 0 Å². The molecule has 0 unspecified atom stereocenters. The molecule has 30 heavy (non-hydrogen) atoms. The lowest BCUT2D eigenvalue weighted by Gasteiger charge is -2.33. The predicted octanol–water partition coefficient (Wildman–Crippen LogP) is 4.49. The minimum absolute atomic E-state index is 0.258. The topological polar surface area (TPSA) is 82.1 Å². The van der Waals surface area contributed by atoms with Gasteiger partial charge in [0.2, 0.25) is 0 Å². The molecule has 7 nitrogen and oxygen atoms in total. The van der Waals surface area contributed by atoms with Gasteiger partial charge in [0.25, 0.3) is 5.88 Å². The summed E-state index contributed by atoms with van der Waals surface area (Å²) in [6, 6.07) is 0.258. The highest BCUT2D eigenvalue weighted by Gasteiger charge is 2.30. The van der Waals surface area contributed by atoms with E-state index in [2.05, 4.69) is 41.8 Å². The lowest BCUT2D eigenvalue weighted by molar-refractivity contribution is 0.379. The Morgan fingerprint density at radius 1 is 1.13 bits per heavy atom. The molecule has 0 aromatic carbocycles. The Kier molecular flexibility index (Phi) is 4.60. The maximum Gasteiger partial charge on any atom is 0.263 e. The molecule has 1 fully saturated rings. The quantitative estimate of drug-likeness (QED) is 0.809. The minimum atomic E-state index is 0.258. The number of anilines is 1. The van der Waals surface area contributed by atoms with Gasteiger partial charge >= 0.3 is 0 Å². The molecule has 0 saturated carbocycles. The lowest BCUT2D eigenvalue weighted by Crippen LogP contribution is -2.27. The molecule has 0 radical (unpaired) electrons. The van der Waals surface area contributed by atoms with E-state index in [0.717, 1.165) is 25.1 Å². The van der Waals surface area contributed by atoms with Crippen LogP contribution in [0.5, 0.6) is 11.6 Å². The molecular weight excluding hydrogens is 376 g/mol. The van der Waals surface area contributed by atoms with Gasteiger partial charge in [0.05, 0.1) is 24.3 Å². The maximum atomic E-state index is 6.07. The number of ether oxygens (including phenoxy) is 1. The van der Waals surface area contributed by atoms with Gasteiger partial charge < -0.3 is 15.4 Å². The first-order valence-electron chi connectivity index (χ1n) is 10.7. The molecule has 2 aromatic heterocycles. The monoisotopic (exact) mass is 404 g/mol. The Hall–Kier alpha value is -3.09. The first kappa shape index (κ1) is 18.9. The predicted molar refractivity (Wildman–Crippen MR) is 117 cm³/mol. The van der Waals surface area contributed by atoms with Crippen LogP contribution in [0.25, 0.3) is 5.57 Å². The first-order valence-corrected chi connectivity index (χ1v) is 10.7. The summed E-state index contributed by atoms with van der Waals surface area (Å²) < 4.78 is 7.77. The van der Waals surface area contributed by atoms with Gasteiger partial charge in [0.15, 0.2) is 11.6 Å². The standard InChI is InChI=1S/C23H28N6O/c1-14(2)29-13-17(11-26-29)30-23-22(24)25-12-20(27-23)16-9-15(3)18-6-8-28-7-4-5-21(28)19(18)10-16/h9,11-14H,4-8,10H2,1-3H3,(H2,24,25). The van der Waals surface area contributed by atoms with Crippen molar-refractivity contribution in [3.05, 3.63) is 52.8 Å². The van der Waals surface area contributed by atoms with E-state index >= 15 is 0 Å². The molecule has 0 spiro atoms. The van der Waals surface area contributed by atoms with E-state index in [0.29, 0.717) is 11.6 Å². The Bertz CT molecular complexity index is 1090. The zero-order valence-electron chi connectivity index (χ0n) is 17.9. The highest BCUT2D eigenvalue weighted by Crippen LogP contribution is 2.43. The molecule has 7 heteroatoms. The molecule has 3 aliphatic rings. The third-order valence-corrected chi connectivity index (χ3v) is 6.22. The summed E-state index contributed by atoms with van der Waals surface area (Å²) in [6.45, 7) is 8.68. The van der Waals surface area contributed by atoms with Crippen molar-refractivity contribution in [2.24, 2.45) is 0 Å². The van der Waals surface area contributed by atoms with Gasteiger partial charge in [-0.15, -0.1) is 0 Å². The average Bonchev–Trinajstić information content (AvgIpc) is 3.39. The van der Waals surface area contributed by atoms with Crippen LogP contribution in [0, 0.1) is 0 Å². The zero-order valence-corrected chi connectivity index (χ0v) is 17.9. The number of aromatic nitrogens is 4. The number of hydrogen-bond donors (Lipinski definition) is 1. The van der Waals surface area contributed by atoms with E-state index in [9.17, 15) is 0 Å². The molecule has 0 amide bonds. The third kappa shape index (κ3) is 3.28. The highest BCUT2D eigenvalue weighted by atomic mass is 16.5. The van der Waals surface area contributed by atoms with Crippen molar-refractivity contribution >= 4 is 11.4 Å². The van der Waals surface area contributed by atoms with Crippen molar-refractivity contribution in [2.75, 3.05) is 18.8 Å². The van der Waals surface area contributed by atoms with Gasteiger partial charge in [-0.05, 0) is 62.3 Å². The van der Waals surface area contributed by atoms with Crippen LogP contribution in [0.3, 0.4) is 0 Å². The molecule has 156 valence electrons. The molecule has 0 bridgehead atoms. The zero-order chi connectivity index (χ0) is 20.8. The smallest absolute Gasteiger partial charge is 0.263 e. The van der Waals surface area contributed by atoms with E-state index in [1.54, 1.807) is 12.4 Å². The van der Waals surface area contributed by atoms with Gasteiger partial charge in [-0.3, -0.25) is 4.68 Å². The fourth-order valence-corrected chi connectivity index (χ4v) is 4.67. The summed E-state index contributed by atoms with van der Waals surface area (Å²) in [5, 5.41) is 4.31. The van der Waals surface area contributed by atoms with E-state index in [-0.39, 0.29) is 11.9 Å². The van der Waals surface area contributed by atoms with Crippen LogP contribution in [-0.2, 0) is 0 Å². The molecule has 5 rings (SSSR count). The summed E-state index contributed by atoms with van der Waals surface area (Å²) in [4.78, 5) is 11.7. The van der Waals surface area contributed by atoms with Gasteiger partial charge in [-0.1, -0.05) is 6.08 Å². The van der Waals surface area contributed by atoms with Crippen LogP contribution in [-0.4, -0.2) is 37.7 Å². The SMILES string of the molecule is CC1=C2CCN3CCCC3=C2CC(c2cnc(N)c(Oc3cnn(C(C)C)c3)n2)=C1. The van der Waals surface area contributed by atoms with Gasteiger partial charge in [0, 0.05) is 31.2 Å². The molecule has 0 atom stereocenters. The van der Waals surface area contributed by atoms with Crippen LogP contribution in [0.4, 0.5) is 5.82 Å². The normalized spacial score (nSPS) is 18.7. The Balaban J connectivity index is 1.47. The summed E-state index contributed by atoms with van der Waals surface area (Å²) in [5.41, 5.74) is 13.9. The van der Waals surface area contributed by atoms with E-state index in [1.807, 2.05) is 10.9 Å². The van der Waals surface area contributed by atoms with Crippen molar-refractivity contribution in [3.8, 4) is 11.6 Å². The Morgan fingerprint density at radius 3 is 2.80 bits per heavy atom. The lowest BCUT2D eigenvalue weighted by atomic mass is 9.82. The van der Waals surface area contributed by atoms with Crippen LogP contribution >= 0.6 is 0 Å². The molecule has 2 N–H and O–H groups in total. The second kappa shape index (κ2) is 7.31. The van der Waals surface area contributed by atoms with Crippen LogP contribution in [0.1, 0.15) is 58.2 Å². The number of rotatable bonds is 4. The van der Waals surface area contributed by atoms with Crippen molar-refractivity contribution in [1.82, 2.24) is 24.6 Å². The van der Waals surface area contributed by atoms with Crippen LogP contribution < -0.4 is 10.5 Å². The highest BCUT2D eigenvalue weighted by molar-refractivity contribution is 5.74. The molecule has 4 heterocycles. The Morgan fingerprint density at radius 2 is 2.00 bits per heavy atom. The van der Waals surface area contributed by atoms with Crippen LogP contribution in [0.15, 0.2) is 47.1 Å². The van der Waals surface area contributed by atoms with Crippen molar-refractivity contribution in [2.45, 2.75) is 52.5 Å². The second-order valence-electron chi connectivity index (χ2n) is 8.57. The van der Waals surface area contributed by atoms with E-state index in [4.69, 9.17) is 15.5 Å². The number of nitrogens with two attached hydrogens (primary N) is 1. The largest absolute Gasteiger partial charge is 0.433 e. The molecule has 1 saturated heterocycles. The fourth-order valence-electron chi connectivity index (χ4n) is 4.67. The van der Waals surface area contributed by atoms with Gasteiger partial charge in [-0.25, -0.2) is 9.97 Å². The number of hydrogen-bond acceptors (Lipinski definition) is 6. The fraction of sp³-hybridized carbons (Fsp3) is 0.435.